The third kappa shape index (κ3) is 6.60. The third-order valence-corrected chi connectivity index (χ3v) is 3.61. The predicted octanol–water partition coefficient (Wildman–Crippen LogP) is 3.18. The van der Waals surface area contributed by atoms with Gasteiger partial charge in [0.1, 0.15) is 0 Å². The molecule has 2 aromatic rings. The first-order valence-corrected chi connectivity index (χ1v) is 7.94. The number of aryl methyl sites for hydroxylation is 1. The summed E-state index contributed by atoms with van der Waals surface area (Å²) in [6.07, 6.45) is 3.69. The summed E-state index contributed by atoms with van der Waals surface area (Å²) in [5.41, 5.74) is 1.76. The number of nitrogens with zero attached hydrogens (tertiary/aromatic N) is 3. The van der Waals surface area contributed by atoms with Crippen LogP contribution in [0, 0.1) is 11.6 Å². The fraction of sp³-hybridized carbons (Fsp3) is 0.412. The van der Waals surface area contributed by atoms with Crippen LogP contribution >= 0.6 is 24.0 Å². The quantitative estimate of drug-likeness (QED) is 0.393. The number of hydrogen-bond acceptors (Lipinski definition) is 2. The molecule has 0 spiro atoms. The minimum Gasteiger partial charge on any atom is -0.357 e. The van der Waals surface area contributed by atoms with Gasteiger partial charge in [0.05, 0.1) is 12.7 Å². The third-order valence-electron chi connectivity index (χ3n) is 3.61. The topological polar surface area (TPSA) is 54.2 Å². The second-order valence-corrected chi connectivity index (χ2v) is 5.67. The van der Waals surface area contributed by atoms with Crippen LogP contribution in [0.1, 0.15) is 30.9 Å². The predicted molar refractivity (Wildman–Crippen MR) is 106 cm³/mol. The normalized spacial score (nSPS) is 12.4. The van der Waals surface area contributed by atoms with Crippen LogP contribution in [0.2, 0.25) is 0 Å². The fourth-order valence-electron chi connectivity index (χ4n) is 2.25. The Bertz CT molecular complexity index is 702. The van der Waals surface area contributed by atoms with E-state index in [0.717, 1.165) is 23.7 Å². The second kappa shape index (κ2) is 10.3. The Morgan fingerprint density at radius 1 is 1.28 bits per heavy atom. The van der Waals surface area contributed by atoms with Crippen molar-refractivity contribution in [3.05, 3.63) is 53.4 Å². The van der Waals surface area contributed by atoms with E-state index >= 15 is 0 Å². The highest BCUT2D eigenvalue weighted by atomic mass is 127. The van der Waals surface area contributed by atoms with Crippen LogP contribution in [-0.4, -0.2) is 28.8 Å². The van der Waals surface area contributed by atoms with Gasteiger partial charge in [0.15, 0.2) is 17.6 Å². The van der Waals surface area contributed by atoms with E-state index in [0.29, 0.717) is 19.0 Å². The van der Waals surface area contributed by atoms with Crippen LogP contribution in [0.15, 0.2) is 35.6 Å². The Balaban J connectivity index is 0.00000312. The van der Waals surface area contributed by atoms with Crippen LogP contribution in [0.25, 0.3) is 0 Å². The standard InChI is InChI=1S/C17H23F2N5.HI/c1-4-20-17(22-9-13-10-23-24(3)11-13)21-8-12(2)14-5-6-15(18)16(19)7-14;/h5-7,10-12H,4,8-9H2,1-3H3,(H2,20,21,22);1H. The van der Waals surface area contributed by atoms with Gasteiger partial charge < -0.3 is 10.6 Å². The lowest BCUT2D eigenvalue weighted by atomic mass is 10.0. The van der Waals surface area contributed by atoms with Crippen molar-refractivity contribution in [2.75, 3.05) is 13.1 Å². The molecule has 0 aliphatic rings. The summed E-state index contributed by atoms with van der Waals surface area (Å²) in [7, 11) is 1.86. The van der Waals surface area contributed by atoms with E-state index in [1.807, 2.05) is 27.1 Å². The highest BCUT2D eigenvalue weighted by Gasteiger charge is 2.10. The minimum absolute atomic E-state index is 0. The molecule has 0 radical (unpaired) electrons. The molecule has 1 aromatic heterocycles. The molecule has 8 heteroatoms. The second-order valence-electron chi connectivity index (χ2n) is 5.67. The first kappa shape index (κ1) is 21.3. The molecule has 2 N–H and O–H groups in total. The minimum atomic E-state index is -0.828. The lowest BCUT2D eigenvalue weighted by Crippen LogP contribution is -2.39. The SMILES string of the molecule is CCNC(=NCc1cnn(C)c1)NCC(C)c1ccc(F)c(F)c1.I. The number of benzene rings is 1. The number of rotatable bonds is 6. The van der Waals surface area contributed by atoms with Crippen molar-refractivity contribution < 1.29 is 8.78 Å². The zero-order chi connectivity index (χ0) is 17.5. The maximum absolute atomic E-state index is 13.3. The first-order valence-electron chi connectivity index (χ1n) is 7.94. The summed E-state index contributed by atoms with van der Waals surface area (Å²) in [4.78, 5) is 4.50. The molecule has 0 bridgehead atoms. The van der Waals surface area contributed by atoms with Crippen LogP contribution in [0.4, 0.5) is 8.78 Å². The summed E-state index contributed by atoms with van der Waals surface area (Å²) in [6, 6.07) is 3.99. The average molecular weight is 463 g/mol. The zero-order valence-corrected chi connectivity index (χ0v) is 16.9. The molecule has 0 saturated heterocycles. The smallest absolute Gasteiger partial charge is 0.191 e. The van der Waals surface area contributed by atoms with E-state index in [2.05, 4.69) is 20.7 Å². The van der Waals surface area contributed by atoms with Gasteiger partial charge in [-0.2, -0.15) is 5.10 Å². The lowest BCUT2D eigenvalue weighted by Gasteiger charge is -2.16. The number of nitrogens with one attached hydrogen (secondary N) is 2. The van der Waals surface area contributed by atoms with Gasteiger partial charge in [-0.05, 0) is 30.5 Å². The average Bonchev–Trinajstić information content (AvgIpc) is 2.98. The Hall–Kier alpha value is -1.71. The molecule has 1 heterocycles. The van der Waals surface area contributed by atoms with Crippen molar-refractivity contribution >= 4 is 29.9 Å². The number of hydrogen-bond donors (Lipinski definition) is 2. The highest BCUT2D eigenvalue weighted by Crippen LogP contribution is 2.17. The molecule has 0 fully saturated rings. The molecule has 2 rings (SSSR count). The number of aliphatic imine (C=N–C) groups is 1. The first-order chi connectivity index (χ1) is 11.5. The monoisotopic (exact) mass is 463 g/mol. The van der Waals surface area contributed by atoms with Crippen LogP contribution < -0.4 is 10.6 Å². The van der Waals surface area contributed by atoms with Gasteiger partial charge in [0.25, 0.3) is 0 Å². The van der Waals surface area contributed by atoms with Gasteiger partial charge in [0, 0.05) is 31.9 Å². The van der Waals surface area contributed by atoms with Crippen LogP contribution in [-0.2, 0) is 13.6 Å². The summed E-state index contributed by atoms with van der Waals surface area (Å²) in [5, 5.41) is 10.5. The summed E-state index contributed by atoms with van der Waals surface area (Å²) in [6.45, 7) is 5.75. The number of halogens is 3. The largest absolute Gasteiger partial charge is 0.357 e. The van der Waals surface area contributed by atoms with Crippen molar-refractivity contribution in [2.45, 2.75) is 26.3 Å². The van der Waals surface area contributed by atoms with E-state index in [1.165, 1.54) is 6.07 Å². The summed E-state index contributed by atoms with van der Waals surface area (Å²) >= 11 is 0. The van der Waals surface area contributed by atoms with E-state index in [-0.39, 0.29) is 29.9 Å². The Morgan fingerprint density at radius 3 is 2.64 bits per heavy atom. The van der Waals surface area contributed by atoms with Gasteiger partial charge in [-0.15, -0.1) is 24.0 Å². The van der Waals surface area contributed by atoms with E-state index in [9.17, 15) is 8.78 Å². The summed E-state index contributed by atoms with van der Waals surface area (Å²) in [5.74, 6) is -0.958. The fourth-order valence-corrected chi connectivity index (χ4v) is 2.25. The van der Waals surface area contributed by atoms with Gasteiger partial charge >= 0.3 is 0 Å². The van der Waals surface area contributed by atoms with Crippen molar-refractivity contribution in [3.8, 4) is 0 Å². The van der Waals surface area contributed by atoms with Gasteiger partial charge in [-0.25, -0.2) is 13.8 Å². The van der Waals surface area contributed by atoms with Gasteiger partial charge in [0.2, 0.25) is 0 Å². The molecule has 25 heavy (non-hydrogen) atoms. The Kier molecular flexibility index (Phi) is 8.81. The molecule has 1 aromatic carbocycles. The maximum atomic E-state index is 13.3. The van der Waals surface area contributed by atoms with Crippen LogP contribution in [0.3, 0.4) is 0 Å². The van der Waals surface area contributed by atoms with E-state index in [1.54, 1.807) is 16.9 Å². The van der Waals surface area contributed by atoms with Crippen LogP contribution in [0.5, 0.6) is 0 Å². The number of aromatic nitrogens is 2. The molecule has 0 aliphatic heterocycles. The van der Waals surface area contributed by atoms with Crippen molar-refractivity contribution in [1.82, 2.24) is 20.4 Å². The van der Waals surface area contributed by atoms with Crippen molar-refractivity contribution in [3.63, 3.8) is 0 Å². The summed E-state index contributed by atoms with van der Waals surface area (Å²) < 4.78 is 28.1. The molecule has 138 valence electrons. The molecular formula is C17H24F2IN5. The Labute approximate surface area is 163 Å². The molecule has 0 saturated carbocycles. The molecule has 1 unspecified atom stereocenters. The van der Waals surface area contributed by atoms with Gasteiger partial charge in [-0.3, -0.25) is 4.68 Å². The van der Waals surface area contributed by atoms with E-state index < -0.39 is 11.6 Å². The molecule has 1 atom stereocenters. The van der Waals surface area contributed by atoms with Gasteiger partial charge in [-0.1, -0.05) is 13.0 Å². The lowest BCUT2D eigenvalue weighted by molar-refractivity contribution is 0.505. The van der Waals surface area contributed by atoms with E-state index in [4.69, 9.17) is 0 Å². The molecule has 5 nitrogen and oxygen atoms in total. The zero-order valence-electron chi connectivity index (χ0n) is 14.6. The van der Waals surface area contributed by atoms with Crippen molar-refractivity contribution in [2.24, 2.45) is 12.0 Å². The highest BCUT2D eigenvalue weighted by molar-refractivity contribution is 14.0. The maximum Gasteiger partial charge on any atom is 0.191 e. The molecular weight excluding hydrogens is 439 g/mol. The van der Waals surface area contributed by atoms with Crippen molar-refractivity contribution in [1.29, 1.82) is 0 Å². The Morgan fingerprint density at radius 2 is 2.04 bits per heavy atom. The molecule has 0 aliphatic carbocycles. The number of guanidine groups is 1. The molecule has 0 amide bonds.